The largest absolute Gasteiger partial charge is 0.472 e. The van der Waals surface area contributed by atoms with Gasteiger partial charge in [0.15, 0.2) is 12.2 Å². The number of phosphoric ester groups is 2. The molecule has 107 heavy (non-hydrogen) atoms. The highest BCUT2D eigenvalue weighted by molar-refractivity contribution is 7.47. The maximum Gasteiger partial charge on any atom is 0.472 e. The molecule has 0 spiro atoms. The zero-order valence-corrected chi connectivity index (χ0v) is 71.9. The van der Waals surface area contributed by atoms with Gasteiger partial charge in [-0.15, -0.1) is 0 Å². The van der Waals surface area contributed by atoms with Crippen LogP contribution in [0.4, 0.5) is 0 Å². The summed E-state index contributed by atoms with van der Waals surface area (Å²) in [6.07, 6.45) is 77.8. The Hall–Kier alpha value is -1.94. The van der Waals surface area contributed by atoms with Crippen molar-refractivity contribution in [3.05, 3.63) is 0 Å². The first-order valence-electron chi connectivity index (χ1n) is 45.8. The van der Waals surface area contributed by atoms with Gasteiger partial charge in [-0.3, -0.25) is 37.3 Å². The lowest BCUT2D eigenvalue weighted by atomic mass is 10.0. The molecule has 3 N–H and O–H groups in total. The van der Waals surface area contributed by atoms with Crippen LogP contribution in [0.5, 0.6) is 0 Å². The average Bonchev–Trinajstić information content (AvgIpc) is 0.901. The standard InChI is InChI=1S/C88H172O17P2/c1-5-9-13-17-21-25-29-32-35-38-40-41-43-46-49-52-55-59-63-67-71-75-88(93)105-84(79-99-86(91)73-69-65-61-57-53-50-47-45-42-39-36-33-30-26-22-18-14-10-6-2)81-103-107(96,97)101-77-82(89)76-100-106(94,95)102-80-83(78-98-85(90)72-68-64-60-56-28-24-20-16-12-8-4)104-87(92)74-70-66-62-58-54-51-48-44-37-34-31-27-23-19-15-11-7-3/h82-84,89H,5-81H2,1-4H3,(H,94,95)(H,96,97)/t82-,83+,84+/m0/s1. The molecule has 0 amide bonds. The monoisotopic (exact) mass is 1560 g/mol. The molecule has 0 aliphatic rings. The van der Waals surface area contributed by atoms with Crippen molar-refractivity contribution in [2.24, 2.45) is 0 Å². The number of carbonyl (C=O) groups is 4. The lowest BCUT2D eigenvalue weighted by molar-refractivity contribution is -0.161. The number of esters is 4. The summed E-state index contributed by atoms with van der Waals surface area (Å²) in [7, 11) is -9.93. The fourth-order valence-corrected chi connectivity index (χ4v) is 15.5. The second kappa shape index (κ2) is 82.1. The molecule has 0 aliphatic carbocycles. The maximum atomic E-state index is 13.2. The van der Waals surface area contributed by atoms with E-state index < -0.39 is 97.5 Å². The molecule has 0 fully saturated rings. The van der Waals surface area contributed by atoms with Gasteiger partial charge in [-0.25, -0.2) is 9.13 Å². The minimum absolute atomic E-state index is 0.109. The zero-order valence-electron chi connectivity index (χ0n) is 70.1. The van der Waals surface area contributed by atoms with Crippen LogP contribution in [0.3, 0.4) is 0 Å². The Morgan fingerprint density at radius 3 is 0.551 bits per heavy atom. The van der Waals surface area contributed by atoms with Gasteiger partial charge in [-0.2, -0.15) is 0 Å². The number of hydrogen-bond donors (Lipinski definition) is 3. The van der Waals surface area contributed by atoms with Gasteiger partial charge in [0.2, 0.25) is 0 Å². The number of ether oxygens (including phenoxy) is 4. The van der Waals surface area contributed by atoms with E-state index >= 15 is 0 Å². The second-order valence-corrected chi connectivity index (χ2v) is 34.5. The van der Waals surface area contributed by atoms with Crippen LogP contribution in [0, 0.1) is 0 Å². The van der Waals surface area contributed by atoms with Gasteiger partial charge in [0.25, 0.3) is 0 Å². The van der Waals surface area contributed by atoms with E-state index in [1.807, 2.05) is 0 Å². The van der Waals surface area contributed by atoms with Gasteiger partial charge >= 0.3 is 39.5 Å². The molecule has 0 heterocycles. The fourth-order valence-electron chi connectivity index (χ4n) is 13.9. The van der Waals surface area contributed by atoms with Crippen LogP contribution in [-0.2, 0) is 65.4 Å². The predicted molar refractivity (Wildman–Crippen MR) is 442 cm³/mol. The number of hydrogen-bond acceptors (Lipinski definition) is 15. The lowest BCUT2D eigenvalue weighted by Gasteiger charge is -2.21. The van der Waals surface area contributed by atoms with E-state index in [0.717, 1.165) is 89.9 Å². The Balaban J connectivity index is 5.21. The second-order valence-electron chi connectivity index (χ2n) is 31.6. The van der Waals surface area contributed by atoms with E-state index in [1.54, 1.807) is 0 Å². The Morgan fingerprint density at radius 1 is 0.224 bits per heavy atom. The Kier molecular flexibility index (Phi) is 80.6. The van der Waals surface area contributed by atoms with E-state index in [-0.39, 0.29) is 25.7 Å². The number of unbranched alkanes of at least 4 members (excludes halogenated alkanes) is 63. The molecule has 5 atom stereocenters. The highest BCUT2D eigenvalue weighted by atomic mass is 31.2. The SMILES string of the molecule is CCCCCCCCCCCCCCCCCCCCCCCC(=O)O[C@H](COC(=O)CCCCCCCCCCCCCCCCCCCCC)COP(=O)(O)OC[C@@H](O)COP(=O)(O)OC[C@@H](COC(=O)CCCCCCCCCCCC)OC(=O)CCCCCCCCCCCCCCCCCCC. The quantitative estimate of drug-likeness (QED) is 0.0222. The molecular formula is C88H172O17P2. The molecule has 0 aliphatic heterocycles. The topological polar surface area (TPSA) is 237 Å². The summed E-state index contributed by atoms with van der Waals surface area (Å²) in [6.45, 7) is 5.06. The maximum absolute atomic E-state index is 13.2. The van der Waals surface area contributed by atoms with Crippen LogP contribution in [0.25, 0.3) is 0 Å². The highest BCUT2D eigenvalue weighted by Gasteiger charge is 2.30. The van der Waals surface area contributed by atoms with E-state index in [2.05, 4.69) is 27.7 Å². The molecule has 0 rings (SSSR count). The minimum Gasteiger partial charge on any atom is -0.462 e. The number of aliphatic hydroxyl groups is 1. The van der Waals surface area contributed by atoms with Crippen molar-refractivity contribution in [2.75, 3.05) is 39.6 Å². The molecular weight excluding hydrogens is 1390 g/mol. The summed E-state index contributed by atoms with van der Waals surface area (Å²) in [4.78, 5) is 73.3. The van der Waals surface area contributed by atoms with Crippen LogP contribution >= 0.6 is 15.6 Å². The summed E-state index contributed by atoms with van der Waals surface area (Å²) in [5.74, 6) is -2.10. The first kappa shape index (κ1) is 105. The third-order valence-corrected chi connectivity index (χ3v) is 22.8. The van der Waals surface area contributed by atoms with E-state index in [4.69, 9.17) is 37.0 Å². The summed E-state index contributed by atoms with van der Waals surface area (Å²) in [5, 5.41) is 10.7. The average molecular weight is 1560 g/mol. The smallest absolute Gasteiger partial charge is 0.462 e. The van der Waals surface area contributed by atoms with Gasteiger partial charge in [0, 0.05) is 25.7 Å². The summed E-state index contributed by atoms with van der Waals surface area (Å²) in [6, 6.07) is 0. The molecule has 0 bridgehead atoms. The molecule has 0 saturated carbocycles. The normalized spacial score (nSPS) is 13.7. The molecule has 19 heteroatoms. The van der Waals surface area contributed by atoms with Crippen LogP contribution in [0.2, 0.25) is 0 Å². The molecule has 2 unspecified atom stereocenters. The fraction of sp³-hybridized carbons (Fsp3) is 0.955. The van der Waals surface area contributed by atoms with Gasteiger partial charge in [0.1, 0.15) is 19.3 Å². The van der Waals surface area contributed by atoms with E-state index in [1.165, 1.54) is 315 Å². The van der Waals surface area contributed by atoms with Crippen molar-refractivity contribution in [3.8, 4) is 0 Å². The molecule has 0 radical (unpaired) electrons. The first-order valence-corrected chi connectivity index (χ1v) is 48.8. The zero-order chi connectivity index (χ0) is 78.1. The lowest BCUT2D eigenvalue weighted by Crippen LogP contribution is -2.30. The number of phosphoric acid groups is 2. The number of rotatable bonds is 89. The van der Waals surface area contributed by atoms with Crippen LogP contribution < -0.4 is 0 Å². The third kappa shape index (κ3) is 81.9. The van der Waals surface area contributed by atoms with Crippen LogP contribution in [0.1, 0.15) is 484 Å². The Labute approximate surface area is 658 Å². The Bertz CT molecular complexity index is 2020. The van der Waals surface area contributed by atoms with Crippen molar-refractivity contribution in [1.29, 1.82) is 0 Å². The van der Waals surface area contributed by atoms with Crippen LogP contribution in [0.15, 0.2) is 0 Å². The number of aliphatic hydroxyl groups excluding tert-OH is 1. The summed E-state index contributed by atoms with van der Waals surface area (Å²) < 4.78 is 69.0. The van der Waals surface area contributed by atoms with Gasteiger partial charge in [-0.1, -0.05) is 432 Å². The first-order chi connectivity index (χ1) is 52.2. The van der Waals surface area contributed by atoms with Gasteiger partial charge in [-0.05, 0) is 25.7 Å². The molecule has 17 nitrogen and oxygen atoms in total. The highest BCUT2D eigenvalue weighted by Crippen LogP contribution is 2.45. The van der Waals surface area contributed by atoms with Crippen LogP contribution in [-0.4, -0.2) is 96.7 Å². The third-order valence-electron chi connectivity index (χ3n) is 20.9. The van der Waals surface area contributed by atoms with Crippen molar-refractivity contribution in [3.63, 3.8) is 0 Å². The molecule has 0 saturated heterocycles. The minimum atomic E-state index is -4.97. The van der Waals surface area contributed by atoms with E-state index in [9.17, 15) is 43.2 Å². The van der Waals surface area contributed by atoms with Crippen molar-refractivity contribution < 1.29 is 80.2 Å². The van der Waals surface area contributed by atoms with Crippen molar-refractivity contribution >= 4 is 39.5 Å². The molecule has 0 aromatic carbocycles. The van der Waals surface area contributed by atoms with E-state index in [0.29, 0.717) is 25.7 Å². The summed E-state index contributed by atoms with van der Waals surface area (Å²) >= 11 is 0. The van der Waals surface area contributed by atoms with Crippen molar-refractivity contribution in [1.82, 2.24) is 0 Å². The molecule has 0 aromatic rings. The predicted octanol–water partition coefficient (Wildman–Crippen LogP) is 27.3. The van der Waals surface area contributed by atoms with Gasteiger partial charge in [0.05, 0.1) is 26.4 Å². The molecule has 636 valence electrons. The number of carbonyl (C=O) groups excluding carboxylic acids is 4. The summed E-state index contributed by atoms with van der Waals surface area (Å²) in [5.41, 5.74) is 0. The van der Waals surface area contributed by atoms with Gasteiger partial charge < -0.3 is 33.8 Å². The van der Waals surface area contributed by atoms with Crippen molar-refractivity contribution in [2.45, 2.75) is 502 Å². The molecule has 0 aromatic heterocycles. The Morgan fingerprint density at radius 2 is 0.374 bits per heavy atom.